The van der Waals surface area contributed by atoms with Gasteiger partial charge in [-0.05, 0) is 12.1 Å². The van der Waals surface area contributed by atoms with Gasteiger partial charge in [-0.2, -0.15) is 0 Å². The van der Waals surface area contributed by atoms with Crippen LogP contribution in [0.1, 0.15) is 30.6 Å². The Balaban J connectivity index is 1.29. The van der Waals surface area contributed by atoms with E-state index in [1.807, 2.05) is 41.8 Å². The van der Waals surface area contributed by atoms with Crippen molar-refractivity contribution in [3.63, 3.8) is 0 Å². The summed E-state index contributed by atoms with van der Waals surface area (Å²) < 4.78 is 9.44. The van der Waals surface area contributed by atoms with Crippen LogP contribution in [0.3, 0.4) is 0 Å². The van der Waals surface area contributed by atoms with Gasteiger partial charge >= 0.3 is 198 Å². The summed E-state index contributed by atoms with van der Waals surface area (Å²) in [6.07, 6.45) is 4.46. The number of nitrogens with one attached hydrogen (secondary N) is 2. The van der Waals surface area contributed by atoms with Crippen LogP contribution in [0.4, 0.5) is 10.8 Å². The Hall–Kier alpha value is -2.93. The fourth-order valence-electron chi connectivity index (χ4n) is 4.15. The Morgan fingerprint density at radius 1 is 1.13 bits per heavy atom. The van der Waals surface area contributed by atoms with Crippen molar-refractivity contribution in [3.05, 3.63) is 84.0 Å². The van der Waals surface area contributed by atoms with Crippen LogP contribution in [0.15, 0.2) is 78.4 Å². The van der Waals surface area contributed by atoms with Crippen LogP contribution < -0.4 is 18.9 Å². The van der Waals surface area contributed by atoms with Gasteiger partial charge in [0.25, 0.3) is 0 Å². The van der Waals surface area contributed by atoms with Crippen molar-refractivity contribution < 1.29 is 9.53 Å². The average molecular weight is 652 g/mol. The molecular weight excluding hydrogens is 616 g/mol. The van der Waals surface area contributed by atoms with Crippen molar-refractivity contribution in [3.8, 4) is 17.0 Å². The number of methoxy groups -OCH3 is 1. The molecule has 7 nitrogen and oxygen atoms in total. The molecule has 4 rings (SSSR count). The van der Waals surface area contributed by atoms with E-state index < -0.39 is 20.5 Å². The summed E-state index contributed by atoms with van der Waals surface area (Å²) in [6.45, 7) is 7.23. The van der Waals surface area contributed by atoms with Crippen molar-refractivity contribution in [2.45, 2.75) is 25.1 Å². The number of anilines is 2. The van der Waals surface area contributed by atoms with E-state index in [1.165, 1.54) is 14.8 Å². The molecule has 0 bridgehead atoms. The second-order valence-electron chi connectivity index (χ2n) is 9.62. The first-order chi connectivity index (χ1) is 18.9. The summed E-state index contributed by atoms with van der Waals surface area (Å²) in [5.74, 6) is 1.43. The van der Waals surface area contributed by atoms with Crippen LogP contribution >= 0.6 is 11.3 Å². The fraction of sp³-hybridized carbons (Fsp3) is 0.300. The molecule has 0 atom stereocenters. The second kappa shape index (κ2) is 14.5. The van der Waals surface area contributed by atoms with E-state index in [2.05, 4.69) is 66.6 Å². The zero-order valence-corrected chi connectivity index (χ0v) is 26.3. The molecule has 0 aliphatic rings. The van der Waals surface area contributed by atoms with E-state index in [0.717, 1.165) is 47.3 Å². The van der Waals surface area contributed by atoms with Crippen molar-refractivity contribution in [1.82, 2.24) is 18.3 Å². The maximum atomic E-state index is 12.9. The number of rotatable bonds is 13. The molecule has 0 saturated heterocycles. The van der Waals surface area contributed by atoms with Gasteiger partial charge < -0.3 is 0 Å². The van der Waals surface area contributed by atoms with Crippen LogP contribution in [0.5, 0.6) is 5.75 Å². The topological polar surface area (TPSA) is 79.4 Å². The van der Waals surface area contributed by atoms with Crippen molar-refractivity contribution >= 4 is 52.1 Å². The zero-order valence-electron chi connectivity index (χ0n) is 22.9. The summed E-state index contributed by atoms with van der Waals surface area (Å²) >= 11 is -0.285. The number of carbonyl (C=O) groups excluding carboxylic acids is 1. The van der Waals surface area contributed by atoms with Gasteiger partial charge in [-0.15, -0.1) is 0 Å². The number of hydrogen-bond donors (Lipinski definition) is 2. The van der Waals surface area contributed by atoms with Gasteiger partial charge in [0.1, 0.15) is 0 Å². The minimum atomic E-state index is -1.81. The maximum absolute atomic E-state index is 12.9. The Kier molecular flexibility index (Phi) is 10.8. The fourth-order valence-corrected chi connectivity index (χ4v) is 10.4. The van der Waals surface area contributed by atoms with Gasteiger partial charge in [0.15, 0.2) is 0 Å². The number of carbonyl (C=O) groups is 1. The molecule has 1 radical (unpaired) electrons. The third kappa shape index (κ3) is 8.53. The SMILES string of the molecule is COc1cc[c]([Sb+]([CH3])[N](CCCNC(=O)c2cccc(Nc3nc(-c4cccnc4)cs3)c2)CC(C)C)cc1. The molecular formula is C30H36N5O2SSb+. The van der Waals surface area contributed by atoms with Gasteiger partial charge in [0, 0.05) is 23.3 Å². The molecule has 203 valence electrons. The average Bonchev–Trinajstić information content (AvgIpc) is 3.43. The Morgan fingerprint density at radius 3 is 2.67 bits per heavy atom. The van der Waals surface area contributed by atoms with Crippen molar-refractivity contribution in [2.24, 2.45) is 5.92 Å². The van der Waals surface area contributed by atoms with E-state index >= 15 is 0 Å². The minimum absolute atomic E-state index is 0.0615. The van der Waals surface area contributed by atoms with Gasteiger partial charge in [-0.1, -0.05) is 0 Å². The number of hydrogen-bond acceptors (Lipinski definition) is 7. The predicted molar refractivity (Wildman–Crippen MR) is 163 cm³/mol. The first-order valence-corrected chi connectivity index (χ1v) is 18.9. The normalized spacial score (nSPS) is 11.3. The Labute approximate surface area is 243 Å². The Bertz CT molecular complexity index is 1330. The molecule has 0 saturated carbocycles. The van der Waals surface area contributed by atoms with E-state index in [9.17, 15) is 4.79 Å². The second-order valence-corrected chi connectivity index (χ2v) is 16.6. The summed E-state index contributed by atoms with van der Waals surface area (Å²) in [6, 6.07) is 20.0. The molecule has 2 heterocycles. The standard InChI is InChI=1S/C22H26N5OS.C7H7O.CH3.Sb/c1-16(2)13-23-10-5-11-25-21(28)17-6-3-8-19(12-17)26-22-27-20(15-29-22)18-7-4-9-24-14-18;1-8-7-5-3-2-4-6-7;;/h3-4,6-9,12,14-16H,5,10-11,13H2,1-2H3,(H,25,28)(H,26,27);3-6H,1H3;1H3;/q-1;;;+2. The number of aromatic nitrogens is 2. The van der Waals surface area contributed by atoms with Crippen LogP contribution in [0.25, 0.3) is 11.3 Å². The van der Waals surface area contributed by atoms with Gasteiger partial charge in [-0.25, -0.2) is 0 Å². The van der Waals surface area contributed by atoms with E-state index in [4.69, 9.17) is 4.74 Å². The first kappa shape index (κ1) is 29.1. The molecule has 9 heteroatoms. The summed E-state index contributed by atoms with van der Waals surface area (Å²) in [7, 11) is 1.70. The molecule has 2 aromatic carbocycles. The number of pyridine rings is 1. The molecule has 0 aliphatic heterocycles. The molecule has 2 N–H and O–H groups in total. The number of benzene rings is 2. The van der Waals surface area contributed by atoms with Crippen molar-refractivity contribution in [1.29, 1.82) is 0 Å². The van der Waals surface area contributed by atoms with E-state index in [0.29, 0.717) is 18.0 Å². The molecule has 0 fully saturated rings. The summed E-state index contributed by atoms with van der Waals surface area (Å²) in [5, 5.41) is 9.20. The molecule has 4 aromatic rings. The molecule has 2 aromatic heterocycles. The van der Waals surface area contributed by atoms with Gasteiger partial charge in [0.2, 0.25) is 0 Å². The first-order valence-electron chi connectivity index (χ1n) is 13.1. The van der Waals surface area contributed by atoms with Crippen LogP contribution in [0.2, 0.25) is 4.87 Å². The Morgan fingerprint density at radius 2 is 1.95 bits per heavy atom. The van der Waals surface area contributed by atoms with Crippen molar-refractivity contribution in [2.75, 3.05) is 32.1 Å². The predicted octanol–water partition coefficient (Wildman–Crippen LogP) is 5.56. The van der Waals surface area contributed by atoms with Gasteiger partial charge in [0.05, 0.1) is 5.69 Å². The molecule has 0 spiro atoms. The quantitative estimate of drug-likeness (QED) is 0.146. The molecule has 1 amide bonds. The monoisotopic (exact) mass is 651 g/mol. The summed E-state index contributed by atoms with van der Waals surface area (Å²) in [5.41, 5.74) is 3.32. The van der Waals surface area contributed by atoms with Crippen LogP contribution in [0, 0.1) is 5.92 Å². The number of ether oxygens (including phenoxy) is 1. The van der Waals surface area contributed by atoms with E-state index in [-0.39, 0.29) is 5.91 Å². The molecule has 0 aliphatic carbocycles. The zero-order chi connectivity index (χ0) is 27.6. The number of amides is 1. The molecule has 39 heavy (non-hydrogen) atoms. The number of nitrogens with zero attached hydrogens (tertiary/aromatic N) is 3. The molecule has 0 unspecified atom stereocenters. The summed E-state index contributed by atoms with van der Waals surface area (Å²) in [4.78, 5) is 24.1. The third-order valence-electron chi connectivity index (χ3n) is 6.16. The van der Waals surface area contributed by atoms with Crippen LogP contribution in [-0.2, 0) is 0 Å². The van der Waals surface area contributed by atoms with Gasteiger partial charge in [-0.3, -0.25) is 4.98 Å². The van der Waals surface area contributed by atoms with Crippen LogP contribution in [-0.4, -0.2) is 66.2 Å². The third-order valence-corrected chi connectivity index (χ3v) is 13.4. The van der Waals surface area contributed by atoms with E-state index in [1.54, 1.807) is 19.5 Å². The number of thiazole rings is 1.